The van der Waals surface area contributed by atoms with E-state index in [0.29, 0.717) is 13.2 Å². The molecule has 0 unspecified atom stereocenters. The molecule has 1 saturated heterocycles. The Kier molecular flexibility index (Phi) is 2.42. The van der Waals surface area contributed by atoms with Crippen molar-refractivity contribution in [3.63, 3.8) is 0 Å². The van der Waals surface area contributed by atoms with E-state index in [1.54, 1.807) is 0 Å². The monoisotopic (exact) mass is 133 g/mol. The Morgan fingerprint density at radius 3 is 3.00 bits per heavy atom. The second-order valence-corrected chi connectivity index (χ2v) is 2.38. The van der Waals surface area contributed by atoms with Crippen LogP contribution in [0.25, 0.3) is 0 Å². The van der Waals surface area contributed by atoms with Gasteiger partial charge in [0.1, 0.15) is 6.17 Å². The zero-order chi connectivity index (χ0) is 6.69. The Hall–Kier alpha value is -0.150. The van der Waals surface area contributed by atoms with Gasteiger partial charge in [0.15, 0.2) is 0 Å². The first-order valence-electron chi connectivity index (χ1n) is 3.26. The smallest absolute Gasteiger partial charge is 0.117 e. The van der Waals surface area contributed by atoms with E-state index in [4.69, 9.17) is 10.5 Å². The van der Waals surface area contributed by atoms with E-state index in [1.807, 2.05) is 0 Å². The van der Waals surface area contributed by atoms with Crippen LogP contribution in [-0.2, 0) is 4.74 Å². The maximum atomic E-state index is 12.6. The van der Waals surface area contributed by atoms with Crippen molar-refractivity contribution in [1.82, 2.24) is 0 Å². The molecule has 2 N–H and O–H groups in total. The second-order valence-electron chi connectivity index (χ2n) is 2.38. The molecular weight excluding hydrogens is 121 g/mol. The Bertz CT molecular complexity index is 83.1. The molecule has 0 aromatic carbocycles. The van der Waals surface area contributed by atoms with E-state index < -0.39 is 6.17 Å². The average molecular weight is 133 g/mol. The molecule has 1 aliphatic heterocycles. The molecule has 1 rings (SSSR count). The highest BCUT2D eigenvalue weighted by Gasteiger charge is 2.23. The van der Waals surface area contributed by atoms with Gasteiger partial charge < -0.3 is 10.5 Å². The third-order valence-electron chi connectivity index (χ3n) is 1.70. The predicted octanol–water partition coefficient (Wildman–Crippen LogP) is 0.320. The van der Waals surface area contributed by atoms with Gasteiger partial charge in [-0.25, -0.2) is 4.39 Å². The highest BCUT2D eigenvalue weighted by atomic mass is 19.1. The first kappa shape index (κ1) is 6.96. The van der Waals surface area contributed by atoms with Crippen LogP contribution >= 0.6 is 0 Å². The quantitative estimate of drug-likeness (QED) is 0.588. The summed E-state index contributed by atoms with van der Waals surface area (Å²) in [7, 11) is 0. The number of hydrogen-bond acceptors (Lipinski definition) is 2. The molecular formula is C6H12FNO. The third kappa shape index (κ3) is 1.63. The Labute approximate surface area is 54.2 Å². The van der Waals surface area contributed by atoms with Crippen molar-refractivity contribution in [2.75, 3.05) is 19.8 Å². The zero-order valence-corrected chi connectivity index (χ0v) is 5.35. The summed E-state index contributed by atoms with van der Waals surface area (Å²) in [5.74, 6) is 0.0648. The van der Waals surface area contributed by atoms with Crippen molar-refractivity contribution in [2.24, 2.45) is 11.7 Å². The fourth-order valence-electron chi connectivity index (χ4n) is 1.03. The highest BCUT2D eigenvalue weighted by molar-refractivity contribution is 4.73. The number of nitrogens with two attached hydrogens (primary N) is 1. The van der Waals surface area contributed by atoms with Crippen molar-refractivity contribution in [3.05, 3.63) is 0 Å². The lowest BCUT2D eigenvalue weighted by atomic mass is 10.0. The number of rotatable bonds is 2. The minimum atomic E-state index is -0.854. The lowest BCUT2D eigenvalue weighted by Gasteiger charge is -2.09. The van der Waals surface area contributed by atoms with E-state index in [-0.39, 0.29) is 12.5 Å². The summed E-state index contributed by atoms with van der Waals surface area (Å²) >= 11 is 0. The van der Waals surface area contributed by atoms with Crippen LogP contribution in [0.4, 0.5) is 4.39 Å². The van der Waals surface area contributed by atoms with Gasteiger partial charge in [0.25, 0.3) is 0 Å². The van der Waals surface area contributed by atoms with Crippen LogP contribution in [-0.4, -0.2) is 25.9 Å². The van der Waals surface area contributed by atoms with Crippen molar-refractivity contribution < 1.29 is 9.13 Å². The number of halogens is 1. The normalized spacial score (nSPS) is 30.7. The largest absolute Gasteiger partial charge is 0.381 e. The number of alkyl halides is 1. The van der Waals surface area contributed by atoms with Crippen LogP contribution in [0, 0.1) is 5.92 Å². The molecule has 0 saturated carbocycles. The molecule has 1 aliphatic rings. The second kappa shape index (κ2) is 3.13. The molecule has 0 aromatic rings. The van der Waals surface area contributed by atoms with Gasteiger partial charge in [0.05, 0.1) is 6.61 Å². The molecule has 2 nitrogen and oxygen atoms in total. The molecule has 54 valence electrons. The highest BCUT2D eigenvalue weighted by Crippen LogP contribution is 2.17. The maximum absolute atomic E-state index is 12.6. The molecule has 0 spiro atoms. The predicted molar refractivity (Wildman–Crippen MR) is 32.9 cm³/mol. The lowest BCUT2D eigenvalue weighted by molar-refractivity contribution is 0.157. The summed E-state index contributed by atoms with van der Waals surface area (Å²) in [5.41, 5.74) is 5.12. The summed E-state index contributed by atoms with van der Waals surface area (Å²) < 4.78 is 17.6. The summed E-state index contributed by atoms with van der Waals surface area (Å²) in [5, 5.41) is 0. The molecule has 1 heterocycles. The maximum Gasteiger partial charge on any atom is 0.117 e. The molecule has 3 heteroatoms. The topological polar surface area (TPSA) is 35.2 Å². The molecule has 0 bridgehead atoms. The molecule has 0 aromatic heterocycles. The molecule has 2 atom stereocenters. The Balaban J connectivity index is 2.24. The van der Waals surface area contributed by atoms with Gasteiger partial charge in [-0.3, -0.25) is 0 Å². The van der Waals surface area contributed by atoms with E-state index >= 15 is 0 Å². The molecule has 1 fully saturated rings. The standard InChI is InChI=1S/C6H12FNO/c7-6(3-8)5-1-2-9-4-5/h5-6H,1-4,8H2/t5-,6-/m1/s1. The SMILES string of the molecule is NC[C@@H](F)[C@@H]1CCOC1. The van der Waals surface area contributed by atoms with E-state index in [1.165, 1.54) is 0 Å². The van der Waals surface area contributed by atoms with Crippen molar-refractivity contribution >= 4 is 0 Å². The van der Waals surface area contributed by atoms with Gasteiger partial charge >= 0.3 is 0 Å². The molecule has 9 heavy (non-hydrogen) atoms. The van der Waals surface area contributed by atoms with Gasteiger partial charge in [-0.15, -0.1) is 0 Å². The number of ether oxygens (including phenoxy) is 1. The zero-order valence-electron chi connectivity index (χ0n) is 5.35. The van der Waals surface area contributed by atoms with Crippen LogP contribution in [0.1, 0.15) is 6.42 Å². The van der Waals surface area contributed by atoms with Gasteiger partial charge in [-0.05, 0) is 6.42 Å². The Morgan fingerprint density at radius 2 is 2.56 bits per heavy atom. The van der Waals surface area contributed by atoms with Crippen LogP contribution in [0.2, 0.25) is 0 Å². The summed E-state index contributed by atoms with van der Waals surface area (Å²) in [6.07, 6.45) is -0.0225. The summed E-state index contributed by atoms with van der Waals surface area (Å²) in [6.45, 7) is 1.39. The average Bonchev–Trinajstić information content (AvgIpc) is 2.37. The van der Waals surface area contributed by atoms with Crippen LogP contribution in [0.15, 0.2) is 0 Å². The van der Waals surface area contributed by atoms with Crippen LogP contribution in [0.3, 0.4) is 0 Å². The van der Waals surface area contributed by atoms with E-state index in [2.05, 4.69) is 0 Å². The summed E-state index contributed by atoms with van der Waals surface area (Å²) in [4.78, 5) is 0. The third-order valence-corrected chi connectivity index (χ3v) is 1.70. The molecule has 0 aliphatic carbocycles. The minimum Gasteiger partial charge on any atom is -0.381 e. The number of hydrogen-bond donors (Lipinski definition) is 1. The first-order valence-corrected chi connectivity index (χ1v) is 3.26. The lowest BCUT2D eigenvalue weighted by Crippen LogP contribution is -2.24. The van der Waals surface area contributed by atoms with Gasteiger partial charge in [-0.1, -0.05) is 0 Å². The molecule has 0 radical (unpaired) electrons. The van der Waals surface area contributed by atoms with Gasteiger partial charge in [0.2, 0.25) is 0 Å². The fourth-order valence-corrected chi connectivity index (χ4v) is 1.03. The Morgan fingerprint density at radius 1 is 1.78 bits per heavy atom. The fraction of sp³-hybridized carbons (Fsp3) is 1.00. The van der Waals surface area contributed by atoms with E-state index in [9.17, 15) is 4.39 Å². The van der Waals surface area contributed by atoms with E-state index in [0.717, 1.165) is 6.42 Å². The first-order chi connectivity index (χ1) is 4.34. The molecule has 0 amide bonds. The van der Waals surface area contributed by atoms with Crippen LogP contribution < -0.4 is 5.73 Å². The van der Waals surface area contributed by atoms with Crippen molar-refractivity contribution in [3.8, 4) is 0 Å². The van der Waals surface area contributed by atoms with Crippen molar-refractivity contribution in [1.29, 1.82) is 0 Å². The van der Waals surface area contributed by atoms with Gasteiger partial charge in [-0.2, -0.15) is 0 Å². The van der Waals surface area contributed by atoms with Crippen LogP contribution in [0.5, 0.6) is 0 Å². The van der Waals surface area contributed by atoms with Crippen molar-refractivity contribution in [2.45, 2.75) is 12.6 Å². The summed E-state index contributed by atoms with van der Waals surface area (Å²) in [6, 6.07) is 0. The van der Waals surface area contributed by atoms with Gasteiger partial charge in [0, 0.05) is 19.1 Å². The minimum absolute atomic E-state index is 0.0648.